The molecular formula is C15H13FN2. The molecule has 0 amide bonds. The van der Waals surface area contributed by atoms with Crippen molar-refractivity contribution in [2.75, 3.05) is 11.4 Å². The third-order valence-corrected chi connectivity index (χ3v) is 2.71. The molecule has 0 unspecified atom stereocenters. The van der Waals surface area contributed by atoms with Gasteiger partial charge in [0.1, 0.15) is 5.82 Å². The smallest absolute Gasteiger partial charge is 0.126 e. The monoisotopic (exact) mass is 240 g/mol. The first kappa shape index (κ1) is 12.1. The topological polar surface area (TPSA) is 27.0 Å². The zero-order valence-electron chi connectivity index (χ0n) is 10.1. The molecule has 0 spiro atoms. The lowest BCUT2D eigenvalue weighted by atomic mass is 10.1. The van der Waals surface area contributed by atoms with E-state index in [1.165, 1.54) is 12.1 Å². The van der Waals surface area contributed by atoms with Crippen LogP contribution in [0.5, 0.6) is 0 Å². The second-order valence-corrected chi connectivity index (χ2v) is 3.89. The van der Waals surface area contributed by atoms with Gasteiger partial charge in [-0.2, -0.15) is 5.26 Å². The van der Waals surface area contributed by atoms with Gasteiger partial charge >= 0.3 is 0 Å². The predicted molar refractivity (Wildman–Crippen MR) is 70.2 cm³/mol. The van der Waals surface area contributed by atoms with Crippen molar-refractivity contribution in [2.45, 2.75) is 6.92 Å². The summed E-state index contributed by atoms with van der Waals surface area (Å²) in [5.74, 6) is -0.390. The third kappa shape index (κ3) is 2.49. The molecule has 0 atom stereocenters. The summed E-state index contributed by atoms with van der Waals surface area (Å²) in [6.45, 7) is 2.70. The van der Waals surface area contributed by atoms with Gasteiger partial charge in [0, 0.05) is 17.9 Å². The average Bonchev–Trinajstić information content (AvgIpc) is 2.40. The molecule has 0 bridgehead atoms. The molecule has 18 heavy (non-hydrogen) atoms. The number of hydrogen-bond donors (Lipinski definition) is 0. The summed E-state index contributed by atoms with van der Waals surface area (Å²) >= 11 is 0. The summed E-state index contributed by atoms with van der Waals surface area (Å²) < 4.78 is 13.4. The van der Waals surface area contributed by atoms with E-state index < -0.39 is 5.82 Å². The Balaban J connectivity index is 2.46. The first-order chi connectivity index (χ1) is 8.74. The van der Waals surface area contributed by atoms with Crippen molar-refractivity contribution in [3.05, 3.63) is 59.9 Å². The SMILES string of the molecule is CCN(c1ccccc1)c1cc(F)cc(C#N)c1. The highest BCUT2D eigenvalue weighted by atomic mass is 19.1. The highest BCUT2D eigenvalue weighted by Gasteiger charge is 2.09. The average molecular weight is 240 g/mol. The Morgan fingerprint density at radius 2 is 1.83 bits per heavy atom. The Labute approximate surface area is 106 Å². The van der Waals surface area contributed by atoms with Crippen molar-refractivity contribution in [2.24, 2.45) is 0 Å². The van der Waals surface area contributed by atoms with Gasteiger partial charge in [0.05, 0.1) is 11.6 Å². The van der Waals surface area contributed by atoms with E-state index in [9.17, 15) is 4.39 Å². The third-order valence-electron chi connectivity index (χ3n) is 2.71. The van der Waals surface area contributed by atoms with Gasteiger partial charge in [0.15, 0.2) is 0 Å². The number of hydrogen-bond acceptors (Lipinski definition) is 2. The van der Waals surface area contributed by atoms with Crippen LogP contribution in [0.1, 0.15) is 12.5 Å². The molecule has 2 aromatic rings. The van der Waals surface area contributed by atoms with Gasteiger partial charge in [0.25, 0.3) is 0 Å². The maximum Gasteiger partial charge on any atom is 0.126 e. The summed E-state index contributed by atoms with van der Waals surface area (Å²) in [5, 5.41) is 8.88. The van der Waals surface area contributed by atoms with E-state index in [-0.39, 0.29) is 0 Å². The molecule has 0 aromatic heterocycles. The van der Waals surface area contributed by atoms with Crippen LogP contribution in [0.4, 0.5) is 15.8 Å². The zero-order valence-corrected chi connectivity index (χ0v) is 10.1. The Morgan fingerprint density at radius 1 is 1.11 bits per heavy atom. The zero-order chi connectivity index (χ0) is 13.0. The fourth-order valence-corrected chi connectivity index (χ4v) is 1.92. The van der Waals surface area contributed by atoms with E-state index in [2.05, 4.69) is 0 Å². The maximum absolute atomic E-state index is 13.4. The highest BCUT2D eigenvalue weighted by molar-refractivity contribution is 5.64. The van der Waals surface area contributed by atoms with Crippen LogP contribution in [0.3, 0.4) is 0 Å². The Kier molecular flexibility index (Phi) is 3.59. The van der Waals surface area contributed by atoms with Crippen LogP contribution in [0.2, 0.25) is 0 Å². The fraction of sp³-hybridized carbons (Fsp3) is 0.133. The van der Waals surface area contributed by atoms with Crippen LogP contribution in [0.15, 0.2) is 48.5 Å². The number of halogens is 1. The molecule has 0 aliphatic carbocycles. The van der Waals surface area contributed by atoms with Gasteiger partial charge in [-0.15, -0.1) is 0 Å². The maximum atomic E-state index is 13.4. The van der Waals surface area contributed by atoms with Gasteiger partial charge in [-0.05, 0) is 37.3 Å². The lowest BCUT2D eigenvalue weighted by Gasteiger charge is -2.23. The molecule has 0 fully saturated rings. The largest absolute Gasteiger partial charge is 0.342 e. The van der Waals surface area contributed by atoms with Crippen molar-refractivity contribution >= 4 is 11.4 Å². The van der Waals surface area contributed by atoms with E-state index in [0.29, 0.717) is 17.8 Å². The molecule has 2 aromatic carbocycles. The second kappa shape index (κ2) is 5.33. The molecule has 0 aliphatic heterocycles. The molecule has 0 heterocycles. The molecular weight excluding hydrogens is 227 g/mol. The normalized spacial score (nSPS) is 9.83. The summed E-state index contributed by atoms with van der Waals surface area (Å²) in [4.78, 5) is 1.96. The lowest BCUT2D eigenvalue weighted by molar-refractivity contribution is 0.627. The van der Waals surface area contributed by atoms with Crippen LogP contribution in [0.25, 0.3) is 0 Å². The molecule has 0 aliphatic rings. The molecule has 0 saturated carbocycles. The molecule has 3 heteroatoms. The van der Waals surface area contributed by atoms with Crippen molar-refractivity contribution in [1.29, 1.82) is 5.26 Å². The van der Waals surface area contributed by atoms with Crippen molar-refractivity contribution in [3.63, 3.8) is 0 Å². The van der Waals surface area contributed by atoms with Gasteiger partial charge in [-0.3, -0.25) is 0 Å². The van der Waals surface area contributed by atoms with Crippen molar-refractivity contribution < 1.29 is 4.39 Å². The van der Waals surface area contributed by atoms with Gasteiger partial charge in [-0.25, -0.2) is 4.39 Å². The molecule has 2 nitrogen and oxygen atoms in total. The number of nitrogens with zero attached hydrogens (tertiary/aromatic N) is 2. The number of anilines is 2. The standard InChI is InChI=1S/C15H13FN2/c1-2-18(14-6-4-3-5-7-14)15-9-12(11-17)8-13(16)10-15/h3-10H,2H2,1H3. The van der Waals surface area contributed by atoms with Gasteiger partial charge in [-0.1, -0.05) is 18.2 Å². The second-order valence-electron chi connectivity index (χ2n) is 3.89. The van der Waals surface area contributed by atoms with E-state index in [1.54, 1.807) is 6.07 Å². The highest BCUT2D eigenvalue weighted by Crippen LogP contribution is 2.26. The van der Waals surface area contributed by atoms with Crippen LogP contribution in [-0.2, 0) is 0 Å². The molecule has 0 radical (unpaired) electrons. The van der Waals surface area contributed by atoms with Crippen molar-refractivity contribution in [3.8, 4) is 6.07 Å². The number of rotatable bonds is 3. The van der Waals surface area contributed by atoms with E-state index in [0.717, 1.165) is 5.69 Å². The first-order valence-corrected chi connectivity index (χ1v) is 5.78. The summed E-state index contributed by atoms with van der Waals surface area (Å²) in [5.41, 5.74) is 2.01. The molecule has 90 valence electrons. The minimum absolute atomic E-state index is 0.333. The predicted octanol–water partition coefficient (Wildman–Crippen LogP) is 3.86. The summed E-state index contributed by atoms with van der Waals surface area (Å²) in [7, 11) is 0. The van der Waals surface area contributed by atoms with E-state index in [1.807, 2.05) is 48.2 Å². The quantitative estimate of drug-likeness (QED) is 0.814. The van der Waals surface area contributed by atoms with Crippen LogP contribution in [0, 0.1) is 17.1 Å². The molecule has 2 rings (SSSR count). The minimum atomic E-state index is -0.390. The lowest BCUT2D eigenvalue weighted by Crippen LogP contribution is -2.16. The van der Waals surface area contributed by atoms with Crippen LogP contribution in [-0.4, -0.2) is 6.54 Å². The fourth-order valence-electron chi connectivity index (χ4n) is 1.92. The van der Waals surface area contributed by atoms with Crippen molar-refractivity contribution in [1.82, 2.24) is 0 Å². The molecule has 0 N–H and O–H groups in total. The minimum Gasteiger partial charge on any atom is -0.342 e. The Hall–Kier alpha value is -2.34. The first-order valence-electron chi connectivity index (χ1n) is 5.78. The number of benzene rings is 2. The summed E-state index contributed by atoms with van der Waals surface area (Å²) in [6.07, 6.45) is 0. The summed E-state index contributed by atoms with van der Waals surface area (Å²) in [6, 6.07) is 16.1. The molecule has 0 saturated heterocycles. The van der Waals surface area contributed by atoms with Gasteiger partial charge < -0.3 is 4.90 Å². The van der Waals surface area contributed by atoms with E-state index >= 15 is 0 Å². The number of para-hydroxylation sites is 1. The van der Waals surface area contributed by atoms with Gasteiger partial charge in [0.2, 0.25) is 0 Å². The van der Waals surface area contributed by atoms with Crippen LogP contribution >= 0.6 is 0 Å². The Morgan fingerprint density at radius 3 is 2.44 bits per heavy atom. The Bertz CT molecular complexity index is 573. The van der Waals surface area contributed by atoms with Crippen LogP contribution < -0.4 is 4.90 Å². The van der Waals surface area contributed by atoms with E-state index in [4.69, 9.17) is 5.26 Å². The number of nitriles is 1.